The van der Waals surface area contributed by atoms with Crippen LogP contribution in [-0.4, -0.2) is 47.2 Å². The van der Waals surface area contributed by atoms with Crippen LogP contribution in [-0.2, 0) is 4.79 Å². The molecule has 1 aliphatic carbocycles. The second kappa shape index (κ2) is 7.41. The summed E-state index contributed by atoms with van der Waals surface area (Å²) in [5.74, 6) is 0.0952. The molecule has 0 aliphatic heterocycles. The van der Waals surface area contributed by atoms with Gasteiger partial charge in [-0.05, 0) is 65.5 Å². The van der Waals surface area contributed by atoms with Crippen LogP contribution in [0, 0.1) is 5.92 Å². The number of likely N-dealkylation sites (N-methyl/N-ethyl adjacent to an activating group) is 1. The quantitative estimate of drug-likeness (QED) is 0.755. The highest BCUT2D eigenvalue weighted by Crippen LogP contribution is 2.28. The Morgan fingerprint density at radius 2 is 1.95 bits per heavy atom. The SMILES string of the molecule is CCNC(C)(CC(C)N(C)C1CCC(C)CC1)C(=O)O. The second-order valence-corrected chi connectivity index (χ2v) is 6.80. The Hall–Kier alpha value is -0.610. The average molecular weight is 284 g/mol. The van der Waals surface area contributed by atoms with Crippen LogP contribution in [0.3, 0.4) is 0 Å². The Labute approximate surface area is 123 Å². The van der Waals surface area contributed by atoms with Gasteiger partial charge in [-0.2, -0.15) is 0 Å². The normalized spacial score (nSPS) is 28.1. The minimum atomic E-state index is -0.829. The molecule has 0 radical (unpaired) electrons. The zero-order valence-electron chi connectivity index (χ0n) is 13.8. The first kappa shape index (κ1) is 17.4. The number of carboxylic acid groups (broad SMARTS) is 1. The molecule has 1 saturated carbocycles. The van der Waals surface area contributed by atoms with Crippen molar-refractivity contribution in [1.29, 1.82) is 0 Å². The van der Waals surface area contributed by atoms with Crippen LogP contribution < -0.4 is 5.32 Å². The molecular weight excluding hydrogens is 252 g/mol. The molecule has 0 saturated heterocycles. The predicted octanol–water partition coefficient (Wildman–Crippen LogP) is 2.73. The molecule has 0 heterocycles. The van der Waals surface area contributed by atoms with E-state index in [0.29, 0.717) is 19.0 Å². The second-order valence-electron chi connectivity index (χ2n) is 6.80. The van der Waals surface area contributed by atoms with Gasteiger partial charge in [0.1, 0.15) is 5.54 Å². The molecule has 0 bridgehead atoms. The van der Waals surface area contributed by atoms with Crippen molar-refractivity contribution in [3.63, 3.8) is 0 Å². The van der Waals surface area contributed by atoms with Gasteiger partial charge in [-0.15, -0.1) is 0 Å². The summed E-state index contributed by atoms with van der Waals surface area (Å²) in [6, 6.07) is 0.884. The summed E-state index contributed by atoms with van der Waals surface area (Å²) in [5.41, 5.74) is -0.829. The number of nitrogens with zero attached hydrogens (tertiary/aromatic N) is 1. The standard InChI is InChI=1S/C16H32N2O2/c1-6-17-16(4,15(19)20)11-13(3)18(5)14-9-7-12(2)8-10-14/h12-14,17H,6-11H2,1-5H3,(H,19,20). The molecular formula is C16H32N2O2. The van der Waals surface area contributed by atoms with Crippen molar-refractivity contribution in [2.24, 2.45) is 5.92 Å². The molecule has 0 aromatic carbocycles. The highest BCUT2D eigenvalue weighted by molar-refractivity contribution is 5.78. The van der Waals surface area contributed by atoms with Gasteiger partial charge in [-0.1, -0.05) is 13.8 Å². The highest BCUT2D eigenvalue weighted by atomic mass is 16.4. The Morgan fingerprint density at radius 1 is 1.40 bits per heavy atom. The van der Waals surface area contributed by atoms with Gasteiger partial charge in [-0.25, -0.2) is 0 Å². The fourth-order valence-corrected chi connectivity index (χ4v) is 3.37. The van der Waals surface area contributed by atoms with E-state index in [0.717, 1.165) is 5.92 Å². The van der Waals surface area contributed by atoms with E-state index in [1.807, 2.05) is 6.92 Å². The number of hydrogen-bond donors (Lipinski definition) is 2. The molecule has 2 atom stereocenters. The van der Waals surface area contributed by atoms with Gasteiger partial charge in [0.2, 0.25) is 0 Å². The Balaban J connectivity index is 2.59. The summed E-state index contributed by atoms with van der Waals surface area (Å²) in [6.45, 7) is 8.91. The number of rotatable bonds is 7. The summed E-state index contributed by atoms with van der Waals surface area (Å²) in [6.07, 6.45) is 5.72. The van der Waals surface area contributed by atoms with E-state index in [2.05, 4.69) is 31.1 Å². The molecule has 2 unspecified atom stereocenters. The fourth-order valence-electron chi connectivity index (χ4n) is 3.37. The average Bonchev–Trinajstić information content (AvgIpc) is 2.38. The summed E-state index contributed by atoms with van der Waals surface area (Å²) in [4.78, 5) is 13.9. The van der Waals surface area contributed by atoms with Crippen LogP contribution in [0.4, 0.5) is 0 Å². The van der Waals surface area contributed by atoms with Crippen LogP contribution in [0.2, 0.25) is 0 Å². The predicted molar refractivity (Wildman–Crippen MR) is 83.0 cm³/mol. The van der Waals surface area contributed by atoms with Crippen molar-refractivity contribution in [3.05, 3.63) is 0 Å². The van der Waals surface area contributed by atoms with Crippen molar-refractivity contribution in [1.82, 2.24) is 10.2 Å². The topological polar surface area (TPSA) is 52.6 Å². The molecule has 0 aromatic heterocycles. The molecule has 4 nitrogen and oxygen atoms in total. The van der Waals surface area contributed by atoms with Crippen LogP contribution in [0.1, 0.15) is 59.8 Å². The van der Waals surface area contributed by atoms with E-state index in [1.165, 1.54) is 25.7 Å². The van der Waals surface area contributed by atoms with Gasteiger partial charge in [0.15, 0.2) is 0 Å². The molecule has 118 valence electrons. The number of hydrogen-bond acceptors (Lipinski definition) is 3. The van der Waals surface area contributed by atoms with Gasteiger partial charge < -0.3 is 15.3 Å². The Kier molecular flexibility index (Phi) is 6.46. The summed E-state index contributed by atoms with van der Waals surface area (Å²) >= 11 is 0. The molecule has 0 aromatic rings. The van der Waals surface area contributed by atoms with E-state index in [1.54, 1.807) is 6.92 Å². The minimum absolute atomic E-state index is 0.272. The van der Waals surface area contributed by atoms with Crippen LogP contribution in [0.5, 0.6) is 0 Å². The van der Waals surface area contributed by atoms with Crippen molar-refractivity contribution < 1.29 is 9.90 Å². The zero-order valence-corrected chi connectivity index (χ0v) is 13.8. The van der Waals surface area contributed by atoms with Crippen molar-refractivity contribution in [3.8, 4) is 0 Å². The third kappa shape index (κ3) is 4.45. The third-order valence-electron chi connectivity index (χ3n) is 5.00. The summed E-state index contributed by atoms with van der Waals surface area (Å²) in [7, 11) is 2.15. The molecule has 0 amide bonds. The third-order valence-corrected chi connectivity index (χ3v) is 5.00. The molecule has 1 fully saturated rings. The maximum atomic E-state index is 11.5. The van der Waals surface area contributed by atoms with Gasteiger partial charge in [0.25, 0.3) is 0 Å². The van der Waals surface area contributed by atoms with Crippen molar-refractivity contribution in [2.45, 2.75) is 77.4 Å². The van der Waals surface area contributed by atoms with Crippen LogP contribution >= 0.6 is 0 Å². The van der Waals surface area contributed by atoms with E-state index in [4.69, 9.17) is 0 Å². The smallest absolute Gasteiger partial charge is 0.323 e. The van der Waals surface area contributed by atoms with E-state index in [9.17, 15) is 9.90 Å². The Morgan fingerprint density at radius 3 is 2.40 bits per heavy atom. The maximum Gasteiger partial charge on any atom is 0.323 e. The Bertz CT molecular complexity index is 314. The van der Waals surface area contributed by atoms with Crippen LogP contribution in [0.25, 0.3) is 0 Å². The minimum Gasteiger partial charge on any atom is -0.480 e. The van der Waals surface area contributed by atoms with Crippen LogP contribution in [0.15, 0.2) is 0 Å². The van der Waals surface area contributed by atoms with Gasteiger partial charge in [-0.3, -0.25) is 4.79 Å². The van der Waals surface area contributed by atoms with E-state index < -0.39 is 11.5 Å². The largest absolute Gasteiger partial charge is 0.480 e. The van der Waals surface area contributed by atoms with E-state index >= 15 is 0 Å². The molecule has 20 heavy (non-hydrogen) atoms. The van der Waals surface area contributed by atoms with Gasteiger partial charge in [0.05, 0.1) is 0 Å². The summed E-state index contributed by atoms with van der Waals surface area (Å²) < 4.78 is 0. The lowest BCUT2D eigenvalue weighted by Crippen LogP contribution is -2.54. The van der Waals surface area contributed by atoms with Crippen molar-refractivity contribution in [2.75, 3.05) is 13.6 Å². The number of carboxylic acids is 1. The fraction of sp³-hybridized carbons (Fsp3) is 0.938. The number of nitrogens with one attached hydrogen (secondary N) is 1. The highest BCUT2D eigenvalue weighted by Gasteiger charge is 2.36. The first-order valence-corrected chi connectivity index (χ1v) is 8.00. The van der Waals surface area contributed by atoms with E-state index in [-0.39, 0.29) is 6.04 Å². The lowest BCUT2D eigenvalue weighted by atomic mass is 9.85. The molecule has 1 aliphatic rings. The zero-order chi connectivity index (χ0) is 15.3. The molecule has 4 heteroatoms. The maximum absolute atomic E-state index is 11.5. The lowest BCUT2D eigenvalue weighted by Gasteiger charge is -2.40. The lowest BCUT2D eigenvalue weighted by molar-refractivity contribution is -0.145. The van der Waals surface area contributed by atoms with Gasteiger partial charge in [0, 0.05) is 12.1 Å². The van der Waals surface area contributed by atoms with Gasteiger partial charge >= 0.3 is 5.97 Å². The molecule has 1 rings (SSSR count). The first-order valence-electron chi connectivity index (χ1n) is 8.00. The summed E-state index contributed by atoms with van der Waals surface area (Å²) in [5, 5.41) is 12.6. The number of aliphatic carboxylic acids is 1. The number of carbonyl (C=O) groups is 1. The van der Waals surface area contributed by atoms with Crippen molar-refractivity contribution >= 4 is 5.97 Å². The molecule has 2 N–H and O–H groups in total. The molecule has 0 spiro atoms. The first-order chi connectivity index (χ1) is 9.30. The monoisotopic (exact) mass is 284 g/mol.